The van der Waals surface area contributed by atoms with Gasteiger partial charge in [-0.2, -0.15) is 0 Å². The molecule has 0 aliphatic carbocycles. The minimum absolute atomic E-state index is 0.0406. The lowest BCUT2D eigenvalue weighted by atomic mass is 10.2. The average molecular weight is 321 g/mol. The summed E-state index contributed by atoms with van der Waals surface area (Å²) in [6, 6.07) is 25.8. The summed E-state index contributed by atoms with van der Waals surface area (Å²) in [5, 5.41) is 1.29. The van der Waals surface area contributed by atoms with E-state index >= 15 is 0 Å². The molecule has 3 rings (SSSR count). The molecule has 2 aromatic carbocycles. The van der Waals surface area contributed by atoms with Gasteiger partial charge in [-0.1, -0.05) is 54.6 Å². The van der Waals surface area contributed by atoms with Gasteiger partial charge in [-0.3, -0.25) is 0 Å². The fourth-order valence-corrected chi connectivity index (χ4v) is 3.28. The maximum atomic E-state index is 6.04. The Labute approximate surface area is 138 Å². The zero-order valence-electron chi connectivity index (χ0n) is 13.1. The van der Waals surface area contributed by atoms with Crippen molar-refractivity contribution in [2.24, 2.45) is 0 Å². The summed E-state index contributed by atoms with van der Waals surface area (Å²) in [6.07, 6.45) is -0.0406. The number of hydrogen-bond acceptors (Lipinski definition) is 3. The van der Waals surface area contributed by atoms with Crippen molar-refractivity contribution in [2.75, 3.05) is 0 Å². The molecule has 0 N–H and O–H groups in total. The second-order valence-electron chi connectivity index (χ2n) is 5.25. The van der Waals surface area contributed by atoms with Crippen molar-refractivity contribution in [3.63, 3.8) is 0 Å². The van der Waals surface area contributed by atoms with Crippen LogP contribution in [0.3, 0.4) is 0 Å². The molecular formula is C19H19NO2Si. The second kappa shape index (κ2) is 7.72. The molecule has 23 heavy (non-hydrogen) atoms. The lowest BCUT2D eigenvalue weighted by molar-refractivity contribution is 0.237. The molecule has 0 saturated carbocycles. The molecule has 0 aliphatic rings. The van der Waals surface area contributed by atoms with Gasteiger partial charge in [0, 0.05) is 6.07 Å². The van der Waals surface area contributed by atoms with E-state index in [1.54, 1.807) is 0 Å². The molecule has 1 aromatic heterocycles. The number of rotatable bonds is 6. The van der Waals surface area contributed by atoms with Crippen LogP contribution in [0.1, 0.15) is 18.7 Å². The zero-order chi connectivity index (χ0) is 15.9. The van der Waals surface area contributed by atoms with Gasteiger partial charge in [-0.25, -0.2) is 4.98 Å². The number of para-hydroxylation sites is 1. The van der Waals surface area contributed by atoms with Crippen LogP contribution in [0, 0.1) is 0 Å². The van der Waals surface area contributed by atoms with E-state index in [2.05, 4.69) is 17.1 Å². The van der Waals surface area contributed by atoms with E-state index in [9.17, 15) is 0 Å². The summed E-state index contributed by atoms with van der Waals surface area (Å²) in [6.45, 7) is 2.03. The first-order chi connectivity index (χ1) is 11.3. The SMILES string of the molecule is CC(O[SiH2]c1ccccc1)c1cccc(Oc2ccccc2)n1. The van der Waals surface area contributed by atoms with Crippen LogP contribution in [0.15, 0.2) is 78.9 Å². The number of aromatic nitrogens is 1. The van der Waals surface area contributed by atoms with Crippen LogP contribution in [0.4, 0.5) is 0 Å². The number of ether oxygens (including phenoxy) is 1. The summed E-state index contributed by atoms with van der Waals surface area (Å²) < 4.78 is 11.8. The lowest BCUT2D eigenvalue weighted by Gasteiger charge is -2.14. The van der Waals surface area contributed by atoms with Crippen molar-refractivity contribution >= 4 is 14.9 Å². The molecule has 0 aliphatic heterocycles. The molecule has 0 spiro atoms. The quantitative estimate of drug-likeness (QED) is 0.652. The minimum atomic E-state index is -0.753. The van der Waals surface area contributed by atoms with Gasteiger partial charge in [0.15, 0.2) is 9.76 Å². The normalized spacial score (nSPS) is 12.4. The third-order valence-electron chi connectivity index (χ3n) is 3.47. The molecule has 0 radical (unpaired) electrons. The summed E-state index contributed by atoms with van der Waals surface area (Å²) >= 11 is 0. The van der Waals surface area contributed by atoms with Crippen LogP contribution < -0.4 is 9.92 Å². The maximum absolute atomic E-state index is 6.04. The smallest absolute Gasteiger partial charge is 0.219 e. The fourth-order valence-electron chi connectivity index (χ4n) is 2.20. The Morgan fingerprint density at radius 1 is 0.826 bits per heavy atom. The van der Waals surface area contributed by atoms with Crippen molar-refractivity contribution in [1.29, 1.82) is 0 Å². The van der Waals surface area contributed by atoms with Crippen LogP contribution in [0.2, 0.25) is 0 Å². The van der Waals surface area contributed by atoms with Gasteiger partial charge in [0.2, 0.25) is 5.88 Å². The highest BCUT2D eigenvalue weighted by atomic mass is 28.2. The minimum Gasteiger partial charge on any atom is -0.439 e. The summed E-state index contributed by atoms with van der Waals surface area (Å²) in [7, 11) is -0.753. The highest BCUT2D eigenvalue weighted by Gasteiger charge is 2.09. The maximum Gasteiger partial charge on any atom is 0.219 e. The molecule has 0 amide bonds. The first-order valence-electron chi connectivity index (χ1n) is 7.66. The van der Waals surface area contributed by atoms with E-state index in [1.807, 2.05) is 73.7 Å². The molecule has 1 unspecified atom stereocenters. The van der Waals surface area contributed by atoms with Crippen molar-refractivity contribution in [3.8, 4) is 11.6 Å². The molecule has 0 bridgehead atoms. The number of nitrogens with zero attached hydrogens (tertiary/aromatic N) is 1. The van der Waals surface area contributed by atoms with Crippen LogP contribution in [0.5, 0.6) is 11.6 Å². The second-order valence-corrected chi connectivity index (χ2v) is 6.69. The molecule has 116 valence electrons. The molecule has 1 atom stereocenters. The van der Waals surface area contributed by atoms with E-state index in [1.165, 1.54) is 5.19 Å². The molecule has 0 fully saturated rings. The number of hydrogen-bond donors (Lipinski definition) is 0. The monoisotopic (exact) mass is 321 g/mol. The Bertz CT molecular complexity index is 735. The van der Waals surface area contributed by atoms with Crippen LogP contribution in [0.25, 0.3) is 0 Å². The molecule has 4 heteroatoms. The summed E-state index contributed by atoms with van der Waals surface area (Å²) in [4.78, 5) is 4.56. The van der Waals surface area contributed by atoms with E-state index in [4.69, 9.17) is 9.16 Å². The Kier molecular flexibility index (Phi) is 5.19. The van der Waals surface area contributed by atoms with Crippen molar-refractivity contribution in [3.05, 3.63) is 84.6 Å². The van der Waals surface area contributed by atoms with E-state index in [0.29, 0.717) is 5.88 Å². The topological polar surface area (TPSA) is 31.4 Å². The Morgan fingerprint density at radius 2 is 1.52 bits per heavy atom. The third kappa shape index (κ3) is 4.52. The first kappa shape index (κ1) is 15.5. The Balaban J connectivity index is 1.64. The highest BCUT2D eigenvalue weighted by Crippen LogP contribution is 2.21. The fraction of sp³-hybridized carbons (Fsp3) is 0.105. The molecule has 1 heterocycles. The van der Waals surface area contributed by atoms with Crippen molar-refractivity contribution in [2.45, 2.75) is 13.0 Å². The molecule has 0 saturated heterocycles. The van der Waals surface area contributed by atoms with Crippen molar-refractivity contribution in [1.82, 2.24) is 4.98 Å². The van der Waals surface area contributed by atoms with E-state index in [-0.39, 0.29) is 6.10 Å². The third-order valence-corrected chi connectivity index (χ3v) is 4.94. The summed E-state index contributed by atoms with van der Waals surface area (Å²) in [5.41, 5.74) is 0.891. The highest BCUT2D eigenvalue weighted by molar-refractivity contribution is 6.46. The zero-order valence-corrected chi connectivity index (χ0v) is 14.5. The van der Waals surface area contributed by atoms with Gasteiger partial charge in [0.05, 0.1) is 11.8 Å². The number of pyridine rings is 1. The van der Waals surface area contributed by atoms with Crippen LogP contribution in [-0.4, -0.2) is 14.7 Å². The van der Waals surface area contributed by atoms with E-state index in [0.717, 1.165) is 11.4 Å². The van der Waals surface area contributed by atoms with E-state index < -0.39 is 9.76 Å². The standard InChI is InChI=1S/C19H19NO2Si/c1-15(22-23-17-11-6-3-7-12-17)18-13-8-14-19(20-18)21-16-9-4-2-5-10-16/h2-15H,23H2,1H3. The summed E-state index contributed by atoms with van der Waals surface area (Å²) in [5.74, 6) is 1.37. The predicted molar refractivity (Wildman–Crippen MR) is 94.9 cm³/mol. The largest absolute Gasteiger partial charge is 0.439 e. The Hall–Kier alpha value is -2.43. The van der Waals surface area contributed by atoms with Gasteiger partial charge in [0.25, 0.3) is 0 Å². The first-order valence-corrected chi connectivity index (χ1v) is 8.95. The van der Waals surface area contributed by atoms with Gasteiger partial charge in [0.1, 0.15) is 5.75 Å². The van der Waals surface area contributed by atoms with Gasteiger partial charge in [-0.15, -0.1) is 0 Å². The predicted octanol–water partition coefficient (Wildman–Crippen LogP) is 3.36. The molecular weight excluding hydrogens is 302 g/mol. The average Bonchev–Trinajstić information content (AvgIpc) is 2.62. The Morgan fingerprint density at radius 3 is 2.26 bits per heavy atom. The van der Waals surface area contributed by atoms with Crippen molar-refractivity contribution < 1.29 is 9.16 Å². The van der Waals surface area contributed by atoms with Gasteiger partial charge >= 0.3 is 0 Å². The number of benzene rings is 2. The lowest BCUT2D eigenvalue weighted by Crippen LogP contribution is -2.19. The molecule has 3 nitrogen and oxygen atoms in total. The van der Waals surface area contributed by atoms with Crippen LogP contribution in [-0.2, 0) is 4.43 Å². The van der Waals surface area contributed by atoms with Gasteiger partial charge in [-0.05, 0) is 30.3 Å². The van der Waals surface area contributed by atoms with Crippen LogP contribution >= 0.6 is 0 Å². The van der Waals surface area contributed by atoms with Gasteiger partial charge < -0.3 is 9.16 Å². The molecule has 3 aromatic rings.